The van der Waals surface area contributed by atoms with Crippen molar-refractivity contribution in [3.05, 3.63) is 15.6 Å². The van der Waals surface area contributed by atoms with E-state index in [9.17, 15) is 0 Å². The minimum atomic E-state index is 0.725. The van der Waals surface area contributed by atoms with Gasteiger partial charge in [0.25, 0.3) is 0 Å². The Bertz CT molecular complexity index is 477. The summed E-state index contributed by atoms with van der Waals surface area (Å²) in [5.41, 5.74) is 7.46. The Hall–Kier alpha value is -1.10. The van der Waals surface area contributed by atoms with Crippen LogP contribution < -0.4 is 5.73 Å². The van der Waals surface area contributed by atoms with Gasteiger partial charge in [0.1, 0.15) is 0 Å². The third-order valence-electron chi connectivity index (χ3n) is 4.60. The zero-order valence-corrected chi connectivity index (χ0v) is 13.8. The number of rotatable bonds is 3. The Kier molecular flexibility index (Phi) is 4.78. The molecule has 2 heterocycles. The van der Waals surface area contributed by atoms with Crippen molar-refractivity contribution >= 4 is 17.3 Å². The van der Waals surface area contributed by atoms with Crippen molar-refractivity contribution in [1.82, 2.24) is 9.88 Å². The average molecular weight is 306 g/mol. The van der Waals surface area contributed by atoms with E-state index >= 15 is 0 Å². The van der Waals surface area contributed by atoms with E-state index in [1.165, 1.54) is 54.1 Å². The van der Waals surface area contributed by atoms with Crippen molar-refractivity contribution in [2.24, 2.45) is 16.6 Å². The number of nitrogens with zero attached hydrogens (tertiary/aromatic N) is 3. The number of aromatic nitrogens is 1. The Balaban J connectivity index is 1.50. The number of fused-ring (bicyclic) bond motifs is 1. The molecule has 0 radical (unpaired) electrons. The zero-order chi connectivity index (χ0) is 14.7. The molecule has 116 valence electrons. The monoisotopic (exact) mass is 306 g/mol. The topological polar surface area (TPSA) is 54.5 Å². The summed E-state index contributed by atoms with van der Waals surface area (Å²) in [6.07, 6.45) is 8.42. The highest BCUT2D eigenvalue weighted by Crippen LogP contribution is 2.26. The lowest BCUT2D eigenvalue weighted by atomic mass is 10.00. The first-order chi connectivity index (χ1) is 10.2. The SMILES string of the molecule is CC1CCN(C(N)=NCCc2nc3c(s2)CCCC3)CC1. The maximum absolute atomic E-state index is 6.11. The quantitative estimate of drug-likeness (QED) is 0.690. The highest BCUT2D eigenvalue weighted by Gasteiger charge is 2.17. The molecule has 1 fully saturated rings. The van der Waals surface area contributed by atoms with Gasteiger partial charge in [0.2, 0.25) is 0 Å². The third kappa shape index (κ3) is 3.76. The highest BCUT2D eigenvalue weighted by atomic mass is 32.1. The molecule has 1 aliphatic carbocycles. The van der Waals surface area contributed by atoms with Gasteiger partial charge < -0.3 is 10.6 Å². The molecule has 2 N–H and O–H groups in total. The van der Waals surface area contributed by atoms with Gasteiger partial charge in [-0.05, 0) is 44.4 Å². The highest BCUT2D eigenvalue weighted by molar-refractivity contribution is 7.11. The molecule has 21 heavy (non-hydrogen) atoms. The molecule has 1 saturated heterocycles. The normalized spacial score (nSPS) is 20.6. The van der Waals surface area contributed by atoms with E-state index < -0.39 is 0 Å². The van der Waals surface area contributed by atoms with Crippen molar-refractivity contribution < 1.29 is 0 Å². The summed E-state index contributed by atoms with van der Waals surface area (Å²) < 4.78 is 0. The Morgan fingerprint density at radius 1 is 1.33 bits per heavy atom. The van der Waals surface area contributed by atoms with Crippen LogP contribution in [0.15, 0.2) is 4.99 Å². The maximum atomic E-state index is 6.11. The minimum Gasteiger partial charge on any atom is -0.370 e. The van der Waals surface area contributed by atoms with E-state index in [0.717, 1.165) is 37.9 Å². The molecule has 0 spiro atoms. The summed E-state index contributed by atoms with van der Waals surface area (Å²) in [4.78, 5) is 13.1. The summed E-state index contributed by atoms with van der Waals surface area (Å²) in [7, 11) is 0. The molecule has 2 aliphatic rings. The van der Waals surface area contributed by atoms with Crippen LogP contribution in [0.25, 0.3) is 0 Å². The number of piperidine rings is 1. The second-order valence-electron chi connectivity index (χ2n) is 6.34. The number of thiazole rings is 1. The molecular formula is C16H26N4S. The lowest BCUT2D eigenvalue weighted by molar-refractivity contribution is 0.277. The summed E-state index contributed by atoms with van der Waals surface area (Å²) in [6.45, 7) is 5.20. The van der Waals surface area contributed by atoms with Crippen LogP contribution in [0.2, 0.25) is 0 Å². The lowest BCUT2D eigenvalue weighted by Crippen LogP contribution is -2.42. The number of hydrogen-bond acceptors (Lipinski definition) is 3. The largest absolute Gasteiger partial charge is 0.370 e. The fourth-order valence-corrected chi connectivity index (χ4v) is 4.26. The van der Waals surface area contributed by atoms with E-state index in [0.29, 0.717) is 0 Å². The fourth-order valence-electron chi connectivity index (χ4n) is 3.12. The Morgan fingerprint density at radius 2 is 2.10 bits per heavy atom. The molecule has 0 saturated carbocycles. The lowest BCUT2D eigenvalue weighted by Gasteiger charge is -2.31. The molecule has 0 unspecified atom stereocenters. The summed E-state index contributed by atoms with van der Waals surface area (Å²) >= 11 is 1.89. The smallest absolute Gasteiger partial charge is 0.191 e. The van der Waals surface area contributed by atoms with Gasteiger partial charge in [0.05, 0.1) is 10.7 Å². The number of hydrogen-bond donors (Lipinski definition) is 1. The zero-order valence-electron chi connectivity index (χ0n) is 13.0. The van der Waals surface area contributed by atoms with Crippen LogP contribution in [-0.4, -0.2) is 35.5 Å². The van der Waals surface area contributed by atoms with Gasteiger partial charge >= 0.3 is 0 Å². The number of aliphatic imine (C=N–C) groups is 1. The molecule has 0 aromatic carbocycles. The van der Waals surface area contributed by atoms with E-state index in [1.807, 2.05) is 11.3 Å². The molecule has 3 rings (SSSR count). The van der Waals surface area contributed by atoms with Gasteiger partial charge in [-0.3, -0.25) is 4.99 Å². The van der Waals surface area contributed by atoms with Gasteiger partial charge in [0.15, 0.2) is 5.96 Å². The number of nitrogens with two attached hydrogens (primary N) is 1. The summed E-state index contributed by atoms with van der Waals surface area (Å²) in [6, 6.07) is 0. The molecular weight excluding hydrogens is 280 g/mol. The van der Waals surface area contributed by atoms with E-state index in [1.54, 1.807) is 0 Å². The Morgan fingerprint density at radius 3 is 2.86 bits per heavy atom. The predicted octanol–water partition coefficient (Wildman–Crippen LogP) is 2.61. The standard InChI is InChI=1S/C16H26N4S/c1-12-7-10-20(11-8-12)16(17)18-9-6-15-19-13-4-2-3-5-14(13)21-15/h12H,2-11H2,1H3,(H2,17,18). The molecule has 0 atom stereocenters. The van der Waals surface area contributed by atoms with Crippen LogP contribution in [0.4, 0.5) is 0 Å². The van der Waals surface area contributed by atoms with E-state index in [-0.39, 0.29) is 0 Å². The molecule has 0 amide bonds. The number of aryl methyl sites for hydroxylation is 2. The second-order valence-corrected chi connectivity index (χ2v) is 7.51. The first-order valence-corrected chi connectivity index (χ1v) is 9.06. The van der Waals surface area contributed by atoms with Crippen molar-refractivity contribution in [3.8, 4) is 0 Å². The van der Waals surface area contributed by atoms with Crippen LogP contribution in [0, 0.1) is 5.92 Å². The van der Waals surface area contributed by atoms with Gasteiger partial charge in [-0.1, -0.05) is 6.92 Å². The van der Waals surface area contributed by atoms with Gasteiger partial charge in [-0.2, -0.15) is 0 Å². The first-order valence-electron chi connectivity index (χ1n) is 8.24. The van der Waals surface area contributed by atoms with Crippen molar-refractivity contribution in [3.63, 3.8) is 0 Å². The number of guanidine groups is 1. The first kappa shape index (κ1) is 14.8. The summed E-state index contributed by atoms with van der Waals surface area (Å²) in [5, 5.41) is 1.24. The van der Waals surface area contributed by atoms with Crippen LogP contribution in [0.5, 0.6) is 0 Å². The average Bonchev–Trinajstić information content (AvgIpc) is 2.90. The fraction of sp³-hybridized carbons (Fsp3) is 0.750. The van der Waals surface area contributed by atoms with E-state index in [4.69, 9.17) is 10.7 Å². The van der Waals surface area contributed by atoms with Crippen molar-refractivity contribution in [1.29, 1.82) is 0 Å². The van der Waals surface area contributed by atoms with Crippen LogP contribution in [0.1, 0.15) is 48.2 Å². The molecule has 1 aliphatic heterocycles. The maximum Gasteiger partial charge on any atom is 0.191 e. The van der Waals surface area contributed by atoms with Crippen molar-refractivity contribution in [2.45, 2.75) is 51.9 Å². The molecule has 1 aromatic heterocycles. The minimum absolute atomic E-state index is 0.725. The predicted molar refractivity (Wildman–Crippen MR) is 88.9 cm³/mol. The third-order valence-corrected chi connectivity index (χ3v) is 5.81. The van der Waals surface area contributed by atoms with E-state index in [2.05, 4.69) is 16.8 Å². The number of likely N-dealkylation sites (tertiary alicyclic amines) is 1. The van der Waals surface area contributed by atoms with Crippen LogP contribution in [0.3, 0.4) is 0 Å². The van der Waals surface area contributed by atoms with Gasteiger partial charge in [-0.25, -0.2) is 4.98 Å². The summed E-state index contributed by atoms with van der Waals surface area (Å²) in [5.74, 6) is 1.55. The second kappa shape index (κ2) is 6.77. The molecule has 4 nitrogen and oxygen atoms in total. The van der Waals surface area contributed by atoms with Crippen molar-refractivity contribution in [2.75, 3.05) is 19.6 Å². The van der Waals surface area contributed by atoms with Gasteiger partial charge in [-0.15, -0.1) is 11.3 Å². The molecule has 0 bridgehead atoms. The Labute approximate surface area is 131 Å². The van der Waals surface area contributed by atoms with Crippen LogP contribution in [-0.2, 0) is 19.3 Å². The van der Waals surface area contributed by atoms with Crippen LogP contribution >= 0.6 is 11.3 Å². The molecule has 5 heteroatoms. The molecule has 1 aromatic rings. The van der Waals surface area contributed by atoms with Gasteiger partial charge in [0, 0.05) is 30.9 Å².